The van der Waals surface area contributed by atoms with Crippen LogP contribution >= 0.6 is 0 Å². The van der Waals surface area contributed by atoms with Crippen molar-refractivity contribution in [2.75, 3.05) is 34.5 Å². The maximum absolute atomic E-state index is 12.3. The molecule has 0 unspecified atom stereocenters. The molecule has 0 spiro atoms. The summed E-state index contributed by atoms with van der Waals surface area (Å²) < 4.78 is 20.2. The quantitative estimate of drug-likeness (QED) is 0.444. The van der Waals surface area contributed by atoms with Crippen molar-refractivity contribution in [2.45, 2.75) is 18.9 Å². The molecule has 0 aromatic heterocycles. The van der Waals surface area contributed by atoms with E-state index < -0.39 is 24.4 Å². The largest absolute Gasteiger partial charge is 0.480 e. The van der Waals surface area contributed by atoms with Gasteiger partial charge in [-0.25, -0.2) is 15.2 Å². The molecule has 0 saturated heterocycles. The molecule has 25 heavy (non-hydrogen) atoms. The van der Waals surface area contributed by atoms with Gasteiger partial charge in [-0.05, 0) is 5.56 Å². The molecule has 140 valence electrons. The topological polar surface area (TPSA) is 107 Å². The van der Waals surface area contributed by atoms with Crippen molar-refractivity contribution >= 4 is 12.1 Å². The molecule has 0 fully saturated rings. The van der Waals surface area contributed by atoms with Gasteiger partial charge in [0.2, 0.25) is 0 Å². The van der Waals surface area contributed by atoms with Crippen molar-refractivity contribution < 1.29 is 33.6 Å². The normalized spacial score (nSPS) is 12.0. The third-order valence-electron chi connectivity index (χ3n) is 3.23. The van der Waals surface area contributed by atoms with Crippen molar-refractivity contribution in [3.05, 3.63) is 35.9 Å². The van der Waals surface area contributed by atoms with E-state index in [2.05, 4.69) is 5.43 Å². The zero-order valence-electron chi connectivity index (χ0n) is 14.5. The van der Waals surface area contributed by atoms with Gasteiger partial charge >= 0.3 is 12.1 Å². The average Bonchev–Trinajstić information content (AvgIpc) is 2.63. The highest BCUT2D eigenvalue weighted by Gasteiger charge is 2.26. The number of hydrazine groups is 1. The molecule has 2 N–H and O–H groups in total. The molecule has 0 saturated carbocycles. The first-order valence-corrected chi connectivity index (χ1v) is 7.53. The minimum atomic E-state index is -1.17. The van der Waals surface area contributed by atoms with Crippen LogP contribution in [0.3, 0.4) is 0 Å². The molecule has 0 aliphatic carbocycles. The number of methoxy groups -OCH3 is 3. The lowest BCUT2D eigenvalue weighted by Gasteiger charge is -2.28. The maximum atomic E-state index is 12.3. The van der Waals surface area contributed by atoms with Crippen LogP contribution in [0.5, 0.6) is 0 Å². The molecule has 0 radical (unpaired) electrons. The molecule has 1 amide bonds. The molecular weight excluding hydrogens is 332 g/mol. The number of rotatable bonds is 11. The third kappa shape index (κ3) is 7.48. The summed E-state index contributed by atoms with van der Waals surface area (Å²) in [6.45, 7) is -0.166. The number of aliphatic carboxylic acids is 1. The van der Waals surface area contributed by atoms with Crippen molar-refractivity contribution in [3.8, 4) is 0 Å². The number of carbonyl (C=O) groups excluding carboxylic acids is 1. The van der Waals surface area contributed by atoms with Crippen LogP contribution in [0.15, 0.2) is 30.3 Å². The number of nitrogens with one attached hydrogen (secondary N) is 1. The number of benzene rings is 1. The van der Waals surface area contributed by atoms with Gasteiger partial charge in [0.1, 0.15) is 12.6 Å². The Balaban J connectivity index is 2.76. The fourth-order valence-electron chi connectivity index (χ4n) is 1.89. The minimum Gasteiger partial charge on any atom is -0.480 e. The minimum absolute atomic E-state index is 0.0461. The van der Waals surface area contributed by atoms with Gasteiger partial charge in [0.15, 0.2) is 6.29 Å². The highest BCUT2D eigenvalue weighted by Crippen LogP contribution is 2.05. The molecule has 9 heteroatoms. The zero-order valence-corrected chi connectivity index (χ0v) is 14.5. The predicted octanol–water partition coefficient (Wildman–Crippen LogP) is 0.848. The second kappa shape index (κ2) is 11.4. The Morgan fingerprint density at radius 3 is 2.32 bits per heavy atom. The van der Waals surface area contributed by atoms with E-state index in [0.717, 1.165) is 10.6 Å². The Morgan fingerprint density at radius 2 is 1.80 bits per heavy atom. The number of hydrogen-bond acceptors (Lipinski definition) is 7. The molecule has 1 rings (SSSR count). The lowest BCUT2D eigenvalue weighted by atomic mass is 10.2. The lowest BCUT2D eigenvalue weighted by molar-refractivity contribution is -0.145. The Bertz CT molecular complexity index is 522. The summed E-state index contributed by atoms with van der Waals surface area (Å²) in [5.74, 6) is -1.17. The highest BCUT2D eigenvalue weighted by atomic mass is 16.7. The number of amides is 1. The van der Waals surface area contributed by atoms with Crippen LogP contribution in [-0.4, -0.2) is 69.0 Å². The lowest BCUT2D eigenvalue weighted by Crippen LogP contribution is -2.55. The standard InChI is InChI=1S/C16H24N2O7/c1-22-11-13(15(19)20)17-18(9-14(23-2)24-3)16(21)25-10-12-7-5-4-6-8-12/h4-8,13-14,17H,9-11H2,1-3H3,(H,19,20)/t13-/m0/s1. The van der Waals surface area contributed by atoms with Crippen LogP contribution < -0.4 is 5.43 Å². The van der Waals surface area contributed by atoms with Gasteiger partial charge in [0.05, 0.1) is 13.2 Å². The molecular formula is C16H24N2O7. The summed E-state index contributed by atoms with van der Waals surface area (Å²) in [5.41, 5.74) is 3.37. The number of carboxylic acid groups (broad SMARTS) is 1. The second-order valence-electron chi connectivity index (χ2n) is 5.03. The van der Waals surface area contributed by atoms with Gasteiger partial charge in [-0.2, -0.15) is 0 Å². The summed E-state index contributed by atoms with van der Waals surface area (Å²) in [7, 11) is 4.18. The van der Waals surface area contributed by atoms with Crippen LogP contribution in [0.4, 0.5) is 4.79 Å². The number of hydrogen-bond donors (Lipinski definition) is 2. The van der Waals surface area contributed by atoms with Crippen molar-refractivity contribution in [3.63, 3.8) is 0 Å². The van der Waals surface area contributed by atoms with E-state index in [-0.39, 0.29) is 19.8 Å². The average molecular weight is 356 g/mol. The Hall–Kier alpha value is -2.20. The molecule has 1 atom stereocenters. The van der Waals surface area contributed by atoms with E-state index >= 15 is 0 Å². The maximum Gasteiger partial charge on any atom is 0.424 e. The molecule has 0 aliphatic rings. The zero-order chi connectivity index (χ0) is 18.7. The predicted molar refractivity (Wildman–Crippen MR) is 87.6 cm³/mol. The van der Waals surface area contributed by atoms with Crippen LogP contribution in [0.2, 0.25) is 0 Å². The molecule has 0 heterocycles. The molecule has 0 aliphatic heterocycles. The monoisotopic (exact) mass is 356 g/mol. The van der Waals surface area contributed by atoms with Gasteiger partial charge in [0, 0.05) is 21.3 Å². The fraction of sp³-hybridized carbons (Fsp3) is 0.500. The van der Waals surface area contributed by atoms with Gasteiger partial charge in [0.25, 0.3) is 0 Å². The molecule has 1 aromatic rings. The summed E-state index contributed by atoms with van der Waals surface area (Å²) in [6, 6.07) is 7.98. The van der Waals surface area contributed by atoms with Gasteiger partial charge in [-0.15, -0.1) is 0 Å². The highest BCUT2D eigenvalue weighted by molar-refractivity contribution is 5.74. The van der Waals surface area contributed by atoms with Gasteiger partial charge < -0.3 is 24.1 Å². The smallest absolute Gasteiger partial charge is 0.424 e. The van der Waals surface area contributed by atoms with Crippen molar-refractivity contribution in [1.82, 2.24) is 10.4 Å². The fourth-order valence-corrected chi connectivity index (χ4v) is 1.89. The Labute approximate surface area is 146 Å². The van der Waals surface area contributed by atoms with Crippen LogP contribution in [0.1, 0.15) is 5.56 Å². The Morgan fingerprint density at radius 1 is 1.16 bits per heavy atom. The molecule has 9 nitrogen and oxygen atoms in total. The van der Waals surface area contributed by atoms with E-state index in [4.69, 9.17) is 18.9 Å². The number of carboxylic acids is 1. The number of ether oxygens (including phenoxy) is 4. The Kier molecular flexibility index (Phi) is 9.48. The molecule has 1 aromatic carbocycles. The van der Waals surface area contributed by atoms with Crippen LogP contribution in [0, 0.1) is 0 Å². The van der Waals surface area contributed by atoms with Crippen molar-refractivity contribution in [1.29, 1.82) is 0 Å². The van der Waals surface area contributed by atoms with Gasteiger partial charge in [-0.1, -0.05) is 30.3 Å². The number of nitrogens with zero attached hydrogens (tertiary/aromatic N) is 1. The second-order valence-corrected chi connectivity index (χ2v) is 5.03. The first-order chi connectivity index (χ1) is 12.0. The van der Waals surface area contributed by atoms with E-state index in [9.17, 15) is 14.7 Å². The summed E-state index contributed by atoms with van der Waals surface area (Å²) >= 11 is 0. The van der Waals surface area contributed by atoms with Crippen LogP contribution in [0.25, 0.3) is 0 Å². The SMILES string of the molecule is COC[C@H](NN(CC(OC)OC)C(=O)OCc1ccccc1)C(=O)O. The summed E-state index contributed by atoms with van der Waals surface area (Å²) in [5, 5.41) is 10.2. The molecule has 0 bridgehead atoms. The van der Waals surface area contributed by atoms with Gasteiger partial charge in [-0.3, -0.25) is 4.79 Å². The first kappa shape index (κ1) is 20.8. The van der Waals surface area contributed by atoms with Crippen LogP contribution in [-0.2, 0) is 30.3 Å². The van der Waals surface area contributed by atoms with E-state index in [1.54, 1.807) is 0 Å². The van der Waals surface area contributed by atoms with E-state index in [1.165, 1.54) is 21.3 Å². The van der Waals surface area contributed by atoms with E-state index in [1.807, 2.05) is 30.3 Å². The first-order valence-electron chi connectivity index (χ1n) is 7.53. The summed E-state index contributed by atoms with van der Waals surface area (Å²) in [6.07, 6.45) is -1.51. The number of carbonyl (C=O) groups is 2. The van der Waals surface area contributed by atoms with E-state index in [0.29, 0.717) is 0 Å². The summed E-state index contributed by atoms with van der Waals surface area (Å²) in [4.78, 5) is 23.6. The van der Waals surface area contributed by atoms with Crippen molar-refractivity contribution in [2.24, 2.45) is 0 Å². The third-order valence-corrected chi connectivity index (χ3v) is 3.23.